The summed E-state index contributed by atoms with van der Waals surface area (Å²) >= 11 is 1.09. The highest BCUT2D eigenvalue weighted by atomic mass is 32.2. The van der Waals surface area contributed by atoms with Crippen molar-refractivity contribution in [1.82, 2.24) is 10.3 Å². The Morgan fingerprint density at radius 2 is 1.96 bits per heavy atom. The number of sulfone groups is 1. The minimum atomic E-state index is -4.77. The van der Waals surface area contributed by atoms with Crippen LogP contribution in [-0.2, 0) is 9.84 Å². The number of ether oxygens (including phenoxy) is 1. The van der Waals surface area contributed by atoms with Gasteiger partial charge in [-0.05, 0) is 37.6 Å². The molecule has 1 aliphatic heterocycles. The van der Waals surface area contributed by atoms with Crippen molar-refractivity contribution in [2.24, 2.45) is 0 Å². The van der Waals surface area contributed by atoms with Gasteiger partial charge in [-0.25, -0.2) is 13.4 Å². The summed E-state index contributed by atoms with van der Waals surface area (Å²) in [6.07, 6.45) is -4.39. The van der Waals surface area contributed by atoms with Crippen LogP contribution in [0.5, 0.6) is 5.75 Å². The largest absolute Gasteiger partial charge is 0.573 e. The van der Waals surface area contributed by atoms with Crippen LogP contribution < -0.4 is 10.1 Å². The molecule has 1 fully saturated rings. The standard InChI is InChI=1S/C16H15F3N2O4S2/c1-9-13(14(22)21-11-6-7-27(23,24)8-11)26-15(20-9)10-2-4-12(5-3-10)25-16(17,18)19/h2-5,11H,6-8H2,1H3,(H,21,22)/t11-/m1/s1. The van der Waals surface area contributed by atoms with Gasteiger partial charge >= 0.3 is 6.36 Å². The summed E-state index contributed by atoms with van der Waals surface area (Å²) in [5.74, 6) is -0.781. The maximum atomic E-state index is 12.4. The SMILES string of the molecule is Cc1nc(-c2ccc(OC(F)(F)F)cc2)sc1C(=O)N[C@@H]1CCS(=O)(=O)C1. The fourth-order valence-electron chi connectivity index (χ4n) is 2.69. The quantitative estimate of drug-likeness (QED) is 0.822. The first kappa shape index (κ1) is 19.6. The Hall–Kier alpha value is -2.14. The molecular formula is C16H15F3N2O4S2. The summed E-state index contributed by atoms with van der Waals surface area (Å²) in [4.78, 5) is 17.0. The van der Waals surface area contributed by atoms with Crippen LogP contribution in [0.2, 0.25) is 0 Å². The molecule has 0 saturated carbocycles. The van der Waals surface area contributed by atoms with Gasteiger partial charge in [0.2, 0.25) is 0 Å². The lowest BCUT2D eigenvalue weighted by Gasteiger charge is -2.09. The highest BCUT2D eigenvalue weighted by molar-refractivity contribution is 7.91. The maximum Gasteiger partial charge on any atom is 0.573 e. The van der Waals surface area contributed by atoms with Crippen LogP contribution in [0.4, 0.5) is 13.2 Å². The van der Waals surface area contributed by atoms with Gasteiger partial charge in [0.15, 0.2) is 9.84 Å². The topological polar surface area (TPSA) is 85.4 Å². The van der Waals surface area contributed by atoms with Crippen molar-refractivity contribution in [2.75, 3.05) is 11.5 Å². The first-order valence-corrected chi connectivity index (χ1v) is 10.5. The molecule has 1 amide bonds. The number of amides is 1. The van der Waals surface area contributed by atoms with Gasteiger partial charge in [0.1, 0.15) is 15.6 Å². The molecule has 2 heterocycles. The molecule has 1 N–H and O–H groups in total. The molecular weight excluding hydrogens is 405 g/mol. The van der Waals surface area contributed by atoms with Gasteiger partial charge in [-0.1, -0.05) is 0 Å². The second-order valence-electron chi connectivity index (χ2n) is 6.08. The molecule has 0 unspecified atom stereocenters. The number of carbonyl (C=O) groups is 1. The van der Waals surface area contributed by atoms with Gasteiger partial charge in [0.25, 0.3) is 5.91 Å². The smallest absolute Gasteiger partial charge is 0.406 e. The normalized spacial score (nSPS) is 19.0. The van der Waals surface area contributed by atoms with Gasteiger partial charge in [0.05, 0.1) is 17.2 Å². The van der Waals surface area contributed by atoms with Gasteiger partial charge in [-0.3, -0.25) is 4.79 Å². The monoisotopic (exact) mass is 420 g/mol. The van der Waals surface area contributed by atoms with Gasteiger partial charge in [-0.15, -0.1) is 24.5 Å². The molecule has 3 rings (SSSR count). The number of alkyl halides is 3. The molecule has 0 bridgehead atoms. The summed E-state index contributed by atoms with van der Waals surface area (Å²) in [5.41, 5.74) is 1.00. The summed E-state index contributed by atoms with van der Waals surface area (Å²) < 4.78 is 63.4. The zero-order valence-electron chi connectivity index (χ0n) is 14.0. The number of rotatable bonds is 4. The first-order valence-electron chi connectivity index (χ1n) is 7.87. The van der Waals surface area contributed by atoms with E-state index in [1.807, 2.05) is 0 Å². The summed E-state index contributed by atoms with van der Waals surface area (Å²) in [5, 5.41) is 3.17. The predicted octanol–water partition coefficient (Wildman–Crippen LogP) is 2.93. The number of aryl methyl sites for hydroxylation is 1. The Bertz CT molecular complexity index is 953. The van der Waals surface area contributed by atoms with Crippen LogP contribution in [0.15, 0.2) is 24.3 Å². The first-order chi connectivity index (χ1) is 12.5. The molecule has 1 aromatic heterocycles. The van der Waals surface area contributed by atoms with Crippen molar-refractivity contribution in [3.05, 3.63) is 34.8 Å². The van der Waals surface area contributed by atoms with Crippen LogP contribution in [0, 0.1) is 6.92 Å². The Morgan fingerprint density at radius 1 is 1.30 bits per heavy atom. The van der Waals surface area contributed by atoms with Gasteiger partial charge in [0, 0.05) is 11.6 Å². The number of hydrogen-bond donors (Lipinski definition) is 1. The average molecular weight is 420 g/mol. The summed E-state index contributed by atoms with van der Waals surface area (Å²) in [7, 11) is -3.11. The predicted molar refractivity (Wildman–Crippen MR) is 93.5 cm³/mol. The highest BCUT2D eigenvalue weighted by Crippen LogP contribution is 2.31. The molecule has 0 spiro atoms. The molecule has 1 aliphatic rings. The third-order valence-electron chi connectivity index (χ3n) is 3.91. The van der Waals surface area contributed by atoms with E-state index in [-0.39, 0.29) is 17.3 Å². The van der Waals surface area contributed by atoms with Crippen LogP contribution in [0.1, 0.15) is 21.8 Å². The van der Waals surface area contributed by atoms with Crippen LogP contribution in [0.3, 0.4) is 0 Å². The fraction of sp³-hybridized carbons (Fsp3) is 0.375. The molecule has 1 saturated heterocycles. The molecule has 11 heteroatoms. The number of nitrogens with zero attached hydrogens (tertiary/aromatic N) is 1. The van der Waals surface area contributed by atoms with Crippen LogP contribution >= 0.6 is 11.3 Å². The zero-order valence-corrected chi connectivity index (χ0v) is 15.7. The van der Waals surface area contributed by atoms with Gasteiger partial charge < -0.3 is 10.1 Å². The van der Waals surface area contributed by atoms with Crippen molar-refractivity contribution >= 4 is 27.1 Å². The Morgan fingerprint density at radius 3 is 2.52 bits per heavy atom. The third kappa shape index (κ3) is 4.98. The molecule has 2 aromatic rings. The van der Waals surface area contributed by atoms with E-state index in [0.717, 1.165) is 11.3 Å². The second kappa shape index (κ2) is 7.12. The third-order valence-corrected chi connectivity index (χ3v) is 6.88. The number of aromatic nitrogens is 1. The molecule has 146 valence electrons. The number of halogens is 3. The molecule has 27 heavy (non-hydrogen) atoms. The van der Waals surface area contributed by atoms with Crippen LogP contribution in [-0.4, -0.2) is 43.2 Å². The number of benzene rings is 1. The lowest BCUT2D eigenvalue weighted by atomic mass is 10.2. The lowest BCUT2D eigenvalue weighted by Crippen LogP contribution is -2.35. The van der Waals surface area contributed by atoms with Crippen molar-refractivity contribution < 1.29 is 31.1 Å². The fourth-order valence-corrected chi connectivity index (χ4v) is 5.34. The number of thiazole rings is 1. The van der Waals surface area contributed by atoms with E-state index in [1.54, 1.807) is 6.92 Å². The maximum absolute atomic E-state index is 12.4. The van der Waals surface area contributed by atoms with E-state index in [0.29, 0.717) is 27.6 Å². The number of carbonyl (C=O) groups excluding carboxylic acids is 1. The zero-order chi connectivity index (χ0) is 19.8. The van der Waals surface area contributed by atoms with E-state index in [2.05, 4.69) is 15.0 Å². The van der Waals surface area contributed by atoms with Crippen LogP contribution in [0.25, 0.3) is 10.6 Å². The van der Waals surface area contributed by atoms with E-state index in [1.165, 1.54) is 24.3 Å². The Balaban J connectivity index is 1.73. The molecule has 0 aliphatic carbocycles. The van der Waals surface area contributed by atoms with Crippen molar-refractivity contribution in [3.63, 3.8) is 0 Å². The molecule has 6 nitrogen and oxygen atoms in total. The molecule has 0 radical (unpaired) electrons. The van der Waals surface area contributed by atoms with Crippen molar-refractivity contribution in [1.29, 1.82) is 0 Å². The minimum absolute atomic E-state index is 0.0528. The number of nitrogens with one attached hydrogen (secondary N) is 1. The van der Waals surface area contributed by atoms with E-state index in [4.69, 9.17) is 0 Å². The summed E-state index contributed by atoms with van der Waals surface area (Å²) in [6, 6.07) is 4.76. The lowest BCUT2D eigenvalue weighted by molar-refractivity contribution is -0.274. The average Bonchev–Trinajstić information content (AvgIpc) is 3.09. The van der Waals surface area contributed by atoms with Crippen molar-refractivity contribution in [3.8, 4) is 16.3 Å². The van der Waals surface area contributed by atoms with Gasteiger partial charge in [-0.2, -0.15) is 0 Å². The molecule has 1 atom stereocenters. The van der Waals surface area contributed by atoms with E-state index < -0.39 is 28.1 Å². The van der Waals surface area contributed by atoms with E-state index in [9.17, 15) is 26.4 Å². The second-order valence-corrected chi connectivity index (χ2v) is 9.31. The summed E-state index contributed by atoms with van der Waals surface area (Å²) in [6.45, 7) is 1.64. The molecule has 1 aromatic carbocycles. The number of hydrogen-bond acceptors (Lipinski definition) is 6. The van der Waals surface area contributed by atoms with E-state index >= 15 is 0 Å². The Kier molecular flexibility index (Phi) is 5.17. The Labute approximate surface area is 157 Å². The van der Waals surface area contributed by atoms with Crippen molar-refractivity contribution in [2.45, 2.75) is 25.7 Å². The minimum Gasteiger partial charge on any atom is -0.406 e. The highest BCUT2D eigenvalue weighted by Gasteiger charge is 2.31.